The quantitative estimate of drug-likeness (QED) is 0.626. The molecule has 0 aromatic heterocycles. The molecule has 0 spiro atoms. The summed E-state index contributed by atoms with van der Waals surface area (Å²) in [6, 6.07) is 14.5. The van der Waals surface area contributed by atoms with Crippen molar-refractivity contribution in [3.8, 4) is 11.5 Å². The highest BCUT2D eigenvalue weighted by atomic mass is 16.5. The summed E-state index contributed by atoms with van der Waals surface area (Å²) in [5.41, 5.74) is 3.84. The minimum absolute atomic E-state index is 0.135. The third-order valence-electron chi connectivity index (χ3n) is 6.30. The van der Waals surface area contributed by atoms with Crippen LogP contribution in [0, 0.1) is 12.8 Å². The predicted octanol–water partition coefficient (Wildman–Crippen LogP) is 4.02. The lowest BCUT2D eigenvalue weighted by molar-refractivity contribution is -0.122. The van der Waals surface area contributed by atoms with Crippen molar-refractivity contribution in [2.75, 3.05) is 40.4 Å². The maximum atomic E-state index is 12.3. The molecule has 1 aliphatic heterocycles. The Bertz CT molecular complexity index is 822. The van der Waals surface area contributed by atoms with E-state index in [2.05, 4.69) is 53.5 Å². The topological polar surface area (TPSA) is 50.8 Å². The molecule has 1 heterocycles. The van der Waals surface area contributed by atoms with E-state index >= 15 is 0 Å². The van der Waals surface area contributed by atoms with Gasteiger partial charge in [0.05, 0.1) is 20.8 Å². The van der Waals surface area contributed by atoms with Crippen LogP contribution >= 0.6 is 0 Å². The van der Waals surface area contributed by atoms with Gasteiger partial charge in [-0.2, -0.15) is 0 Å². The monoisotopic (exact) mass is 424 g/mol. The molecule has 31 heavy (non-hydrogen) atoms. The maximum Gasteiger partial charge on any atom is 0.234 e. The van der Waals surface area contributed by atoms with Crippen molar-refractivity contribution < 1.29 is 14.3 Å². The van der Waals surface area contributed by atoms with Gasteiger partial charge in [-0.15, -0.1) is 0 Å². The van der Waals surface area contributed by atoms with Gasteiger partial charge in [0.15, 0.2) is 0 Å². The van der Waals surface area contributed by atoms with Gasteiger partial charge in [-0.05, 0) is 86.9 Å². The lowest BCUT2D eigenvalue weighted by atomic mass is 9.90. The lowest BCUT2D eigenvalue weighted by Gasteiger charge is -2.31. The molecule has 5 nitrogen and oxygen atoms in total. The zero-order valence-electron chi connectivity index (χ0n) is 19.2. The highest BCUT2D eigenvalue weighted by molar-refractivity contribution is 5.78. The van der Waals surface area contributed by atoms with E-state index in [0.717, 1.165) is 56.7 Å². The number of nitrogens with one attached hydrogen (secondary N) is 1. The Hall–Kier alpha value is -2.53. The van der Waals surface area contributed by atoms with E-state index in [1.54, 1.807) is 14.2 Å². The van der Waals surface area contributed by atoms with Crippen LogP contribution in [0.1, 0.15) is 36.0 Å². The average molecular weight is 425 g/mol. The number of hydrogen-bond acceptors (Lipinski definition) is 4. The molecule has 1 saturated heterocycles. The van der Waals surface area contributed by atoms with Crippen molar-refractivity contribution in [3.63, 3.8) is 0 Å². The summed E-state index contributed by atoms with van der Waals surface area (Å²) in [5, 5.41) is 3.08. The summed E-state index contributed by atoms with van der Waals surface area (Å²) in [6.45, 7) is 5.32. The number of hydrogen-bond donors (Lipinski definition) is 1. The SMILES string of the molecule is COc1cc(CCC2CCN(CC(=O)NCCc3ccccc3C)CC2)cc(OC)c1. The standard InChI is InChI=1S/C26H36N2O3/c1-20-6-4-5-7-23(20)10-13-27-26(29)19-28-14-11-21(12-15-28)8-9-22-16-24(30-2)18-25(17-22)31-3/h4-7,16-18,21H,8-15,19H2,1-3H3,(H,27,29). The number of ether oxygens (including phenoxy) is 2. The van der Waals surface area contributed by atoms with Crippen LogP contribution in [-0.4, -0.2) is 51.2 Å². The van der Waals surface area contributed by atoms with Crippen LogP contribution in [0.4, 0.5) is 0 Å². The van der Waals surface area contributed by atoms with Crippen LogP contribution in [-0.2, 0) is 17.6 Å². The van der Waals surface area contributed by atoms with Gasteiger partial charge >= 0.3 is 0 Å². The van der Waals surface area contributed by atoms with Gasteiger partial charge in [0.2, 0.25) is 5.91 Å². The number of carbonyl (C=O) groups is 1. The first-order valence-electron chi connectivity index (χ1n) is 11.3. The zero-order valence-corrected chi connectivity index (χ0v) is 19.2. The van der Waals surface area contributed by atoms with Crippen molar-refractivity contribution in [2.24, 2.45) is 5.92 Å². The number of rotatable bonds is 10. The summed E-state index contributed by atoms with van der Waals surface area (Å²) in [5.74, 6) is 2.53. The summed E-state index contributed by atoms with van der Waals surface area (Å²) < 4.78 is 10.7. The molecule has 0 saturated carbocycles. The summed E-state index contributed by atoms with van der Waals surface area (Å²) in [6.07, 6.45) is 5.37. The third kappa shape index (κ3) is 7.28. The molecule has 0 aliphatic carbocycles. The predicted molar refractivity (Wildman–Crippen MR) is 125 cm³/mol. The number of benzene rings is 2. The molecule has 2 aromatic rings. The van der Waals surface area contributed by atoms with Crippen LogP contribution in [0.25, 0.3) is 0 Å². The average Bonchev–Trinajstić information content (AvgIpc) is 2.79. The van der Waals surface area contributed by atoms with Gasteiger partial charge in [0, 0.05) is 12.6 Å². The van der Waals surface area contributed by atoms with E-state index in [0.29, 0.717) is 19.0 Å². The minimum Gasteiger partial charge on any atom is -0.497 e. The molecule has 1 amide bonds. The van der Waals surface area contributed by atoms with Crippen molar-refractivity contribution in [2.45, 2.75) is 39.0 Å². The maximum absolute atomic E-state index is 12.3. The van der Waals surface area contributed by atoms with E-state index in [1.807, 2.05) is 6.07 Å². The molecule has 2 aromatic carbocycles. The molecular formula is C26H36N2O3. The zero-order chi connectivity index (χ0) is 22.1. The first-order chi connectivity index (χ1) is 15.1. The largest absolute Gasteiger partial charge is 0.497 e. The molecule has 5 heteroatoms. The number of carbonyl (C=O) groups excluding carboxylic acids is 1. The van der Waals surface area contributed by atoms with Gasteiger partial charge < -0.3 is 14.8 Å². The van der Waals surface area contributed by atoms with Crippen molar-refractivity contribution in [1.29, 1.82) is 0 Å². The van der Waals surface area contributed by atoms with Gasteiger partial charge in [-0.25, -0.2) is 0 Å². The van der Waals surface area contributed by atoms with E-state index in [4.69, 9.17) is 9.47 Å². The number of likely N-dealkylation sites (tertiary alicyclic amines) is 1. The second kappa shape index (κ2) is 11.8. The second-order valence-electron chi connectivity index (χ2n) is 8.51. The van der Waals surface area contributed by atoms with Crippen molar-refractivity contribution in [1.82, 2.24) is 10.2 Å². The third-order valence-corrected chi connectivity index (χ3v) is 6.30. The molecule has 1 aliphatic rings. The minimum atomic E-state index is 0.135. The Balaban J connectivity index is 1.35. The van der Waals surface area contributed by atoms with Gasteiger partial charge in [-0.3, -0.25) is 9.69 Å². The number of piperidine rings is 1. The van der Waals surface area contributed by atoms with Crippen LogP contribution in [0.5, 0.6) is 11.5 Å². The van der Waals surface area contributed by atoms with Gasteiger partial charge in [0.25, 0.3) is 0 Å². The Morgan fingerprint density at radius 3 is 2.35 bits per heavy atom. The summed E-state index contributed by atoms with van der Waals surface area (Å²) in [4.78, 5) is 14.6. The molecule has 1 N–H and O–H groups in total. The van der Waals surface area contributed by atoms with E-state index in [1.165, 1.54) is 16.7 Å². The Morgan fingerprint density at radius 1 is 1.03 bits per heavy atom. The normalized spacial score (nSPS) is 14.9. The molecule has 0 unspecified atom stereocenters. The highest BCUT2D eigenvalue weighted by Gasteiger charge is 2.20. The van der Waals surface area contributed by atoms with Crippen LogP contribution in [0.3, 0.4) is 0 Å². The fraction of sp³-hybridized carbons (Fsp3) is 0.500. The molecule has 1 fully saturated rings. The van der Waals surface area contributed by atoms with Gasteiger partial charge in [-0.1, -0.05) is 24.3 Å². The number of nitrogens with zero attached hydrogens (tertiary/aromatic N) is 1. The Labute approximate surface area is 186 Å². The fourth-order valence-electron chi connectivity index (χ4n) is 4.30. The van der Waals surface area contributed by atoms with E-state index in [-0.39, 0.29) is 5.91 Å². The number of aryl methyl sites for hydroxylation is 2. The molecular weight excluding hydrogens is 388 g/mol. The molecule has 168 valence electrons. The summed E-state index contributed by atoms with van der Waals surface area (Å²) in [7, 11) is 3.38. The summed E-state index contributed by atoms with van der Waals surface area (Å²) >= 11 is 0. The highest BCUT2D eigenvalue weighted by Crippen LogP contribution is 2.26. The lowest BCUT2D eigenvalue weighted by Crippen LogP contribution is -2.42. The number of amides is 1. The molecule has 3 rings (SSSR count). The molecule has 0 bridgehead atoms. The second-order valence-corrected chi connectivity index (χ2v) is 8.51. The van der Waals surface area contributed by atoms with Crippen LogP contribution < -0.4 is 14.8 Å². The fourth-order valence-corrected chi connectivity index (χ4v) is 4.30. The first kappa shape index (κ1) is 23.1. The smallest absolute Gasteiger partial charge is 0.234 e. The number of methoxy groups -OCH3 is 2. The van der Waals surface area contributed by atoms with Crippen molar-refractivity contribution >= 4 is 5.91 Å². The van der Waals surface area contributed by atoms with E-state index < -0.39 is 0 Å². The first-order valence-corrected chi connectivity index (χ1v) is 11.3. The van der Waals surface area contributed by atoms with Crippen molar-refractivity contribution in [3.05, 3.63) is 59.2 Å². The van der Waals surface area contributed by atoms with Gasteiger partial charge in [0.1, 0.15) is 11.5 Å². The van der Waals surface area contributed by atoms with E-state index in [9.17, 15) is 4.79 Å². The van der Waals surface area contributed by atoms with Crippen LogP contribution in [0.15, 0.2) is 42.5 Å². The Morgan fingerprint density at radius 2 is 1.71 bits per heavy atom. The molecule has 0 atom stereocenters. The molecule has 0 radical (unpaired) electrons. The Kier molecular flexibility index (Phi) is 8.77. The van der Waals surface area contributed by atoms with Crippen LogP contribution in [0.2, 0.25) is 0 Å².